The second-order valence-electron chi connectivity index (χ2n) is 3.41. The lowest BCUT2D eigenvalue weighted by atomic mass is 10.4. The third-order valence-electron chi connectivity index (χ3n) is 2.15. The molecule has 2 N–H and O–H groups in total. The minimum absolute atomic E-state index is 0.660. The molecule has 3 nitrogen and oxygen atoms in total. The van der Waals surface area contributed by atoms with Crippen molar-refractivity contribution in [2.45, 2.75) is 0 Å². The molecule has 0 unspecified atom stereocenters. The molecular weight excluding hydrogens is 268 g/mol. The monoisotopic (exact) mass is 289 g/mol. The molecule has 0 aromatic carbocycles. The van der Waals surface area contributed by atoms with Crippen molar-refractivity contribution < 1.29 is 0 Å². The molecule has 0 spiro atoms. The molecule has 0 amide bonds. The van der Waals surface area contributed by atoms with Crippen LogP contribution in [0.25, 0.3) is 0 Å². The van der Waals surface area contributed by atoms with Crippen LogP contribution in [0.4, 0.5) is 0 Å². The van der Waals surface area contributed by atoms with Crippen molar-refractivity contribution >= 4 is 34.8 Å². The van der Waals surface area contributed by atoms with Gasteiger partial charge in [0, 0.05) is 63.5 Å². The van der Waals surface area contributed by atoms with Crippen molar-refractivity contribution in [3.63, 3.8) is 0 Å². The fraction of sp³-hybridized carbons (Fsp3) is 1.00. The molecule has 0 aromatic rings. The maximum atomic E-state index is 5.75. The summed E-state index contributed by atoms with van der Waals surface area (Å²) in [5.41, 5.74) is 0. The molecule has 0 atom stereocenters. The molecule has 0 bridgehead atoms. The maximum Gasteiger partial charge on any atom is 0.0351 e. The smallest absolute Gasteiger partial charge is 0.0351 e. The predicted molar refractivity (Wildman–Crippen MR) is 74.3 cm³/mol. The van der Waals surface area contributed by atoms with Gasteiger partial charge in [0.1, 0.15) is 0 Å². The van der Waals surface area contributed by atoms with E-state index < -0.39 is 0 Å². The van der Waals surface area contributed by atoms with E-state index in [-0.39, 0.29) is 0 Å². The third-order valence-corrected chi connectivity index (χ3v) is 2.70. The summed E-state index contributed by atoms with van der Waals surface area (Å²) in [6.07, 6.45) is 0. The number of halogens is 3. The molecule has 0 heterocycles. The van der Waals surface area contributed by atoms with E-state index in [0.717, 1.165) is 45.8 Å². The first kappa shape index (κ1) is 16.8. The van der Waals surface area contributed by atoms with Gasteiger partial charge in [0.2, 0.25) is 0 Å². The van der Waals surface area contributed by atoms with Crippen molar-refractivity contribution in [2.75, 3.05) is 63.5 Å². The summed E-state index contributed by atoms with van der Waals surface area (Å²) < 4.78 is 0. The Kier molecular flexibility index (Phi) is 14.5. The Labute approximate surface area is 114 Å². The summed E-state index contributed by atoms with van der Waals surface area (Å²) in [6.45, 7) is 6.57. The Morgan fingerprint density at radius 3 is 1.50 bits per heavy atom. The quantitative estimate of drug-likeness (QED) is 0.418. The largest absolute Gasteiger partial charge is 0.314 e. The van der Waals surface area contributed by atoms with Gasteiger partial charge >= 0.3 is 0 Å². The van der Waals surface area contributed by atoms with E-state index in [0.29, 0.717) is 17.6 Å². The van der Waals surface area contributed by atoms with Crippen LogP contribution in [-0.4, -0.2) is 68.4 Å². The van der Waals surface area contributed by atoms with Crippen LogP contribution in [0.1, 0.15) is 0 Å². The molecule has 98 valence electrons. The molecule has 0 rings (SSSR count). The van der Waals surface area contributed by atoms with Crippen LogP contribution in [0.2, 0.25) is 0 Å². The Bertz CT molecular complexity index is 126. The maximum absolute atomic E-state index is 5.75. The lowest BCUT2D eigenvalue weighted by molar-refractivity contribution is 0.289. The van der Waals surface area contributed by atoms with Gasteiger partial charge in [-0.25, -0.2) is 0 Å². The fourth-order valence-electron chi connectivity index (χ4n) is 1.31. The minimum Gasteiger partial charge on any atom is -0.314 e. The summed E-state index contributed by atoms with van der Waals surface area (Å²) in [6, 6.07) is 0. The SMILES string of the molecule is ClCCNCCN(CCCl)CCNCCCl. The highest BCUT2D eigenvalue weighted by Crippen LogP contribution is 1.88. The van der Waals surface area contributed by atoms with E-state index in [1.807, 2.05) is 0 Å². The van der Waals surface area contributed by atoms with Gasteiger partial charge in [-0.1, -0.05) is 0 Å². The van der Waals surface area contributed by atoms with E-state index in [9.17, 15) is 0 Å². The van der Waals surface area contributed by atoms with Crippen LogP contribution >= 0.6 is 34.8 Å². The highest BCUT2D eigenvalue weighted by molar-refractivity contribution is 6.18. The van der Waals surface area contributed by atoms with Gasteiger partial charge in [-0.3, -0.25) is 4.90 Å². The summed E-state index contributed by atoms with van der Waals surface area (Å²) in [4.78, 5) is 2.33. The highest BCUT2D eigenvalue weighted by atomic mass is 35.5. The molecule has 0 aliphatic heterocycles. The van der Waals surface area contributed by atoms with Gasteiger partial charge in [-0.15, -0.1) is 34.8 Å². The lowest BCUT2D eigenvalue weighted by Crippen LogP contribution is -2.38. The van der Waals surface area contributed by atoms with Crippen molar-refractivity contribution in [2.24, 2.45) is 0 Å². The molecule has 6 heteroatoms. The van der Waals surface area contributed by atoms with E-state index in [4.69, 9.17) is 34.8 Å². The molecule has 0 aliphatic carbocycles. The molecule has 0 radical (unpaired) electrons. The van der Waals surface area contributed by atoms with Crippen molar-refractivity contribution in [1.29, 1.82) is 0 Å². The number of nitrogens with one attached hydrogen (secondary N) is 2. The number of hydrogen-bond acceptors (Lipinski definition) is 3. The van der Waals surface area contributed by atoms with Crippen molar-refractivity contribution in [3.8, 4) is 0 Å². The normalized spacial score (nSPS) is 11.2. The fourth-order valence-corrected chi connectivity index (χ4v) is 1.82. The molecule has 0 aliphatic rings. The van der Waals surface area contributed by atoms with Gasteiger partial charge < -0.3 is 10.6 Å². The van der Waals surface area contributed by atoms with Gasteiger partial charge in [0.05, 0.1) is 0 Å². The predicted octanol–water partition coefficient (Wildman–Crippen LogP) is 1.18. The summed E-state index contributed by atoms with van der Waals surface area (Å²) in [5.74, 6) is 1.99. The molecule has 0 fully saturated rings. The van der Waals surface area contributed by atoms with Crippen LogP contribution in [-0.2, 0) is 0 Å². The second kappa shape index (κ2) is 13.8. The Balaban J connectivity index is 3.45. The first-order valence-corrected chi connectivity index (χ1v) is 7.27. The summed E-state index contributed by atoms with van der Waals surface area (Å²) >= 11 is 16.9. The van der Waals surface area contributed by atoms with E-state index in [1.165, 1.54) is 0 Å². The highest BCUT2D eigenvalue weighted by Gasteiger charge is 2.02. The van der Waals surface area contributed by atoms with Gasteiger partial charge in [0.25, 0.3) is 0 Å². The first-order valence-electron chi connectivity index (χ1n) is 5.66. The average molecular weight is 291 g/mol. The first-order chi connectivity index (χ1) is 7.85. The standard InChI is InChI=1S/C10H22Cl3N3/c11-1-4-14-6-9-16(8-3-13)10-7-15-5-2-12/h14-15H,1-10H2. The summed E-state index contributed by atoms with van der Waals surface area (Å²) in [7, 11) is 0. The Morgan fingerprint density at radius 2 is 1.12 bits per heavy atom. The van der Waals surface area contributed by atoms with Gasteiger partial charge in [-0.2, -0.15) is 0 Å². The molecule has 16 heavy (non-hydrogen) atoms. The van der Waals surface area contributed by atoms with Crippen LogP contribution in [0, 0.1) is 0 Å². The van der Waals surface area contributed by atoms with E-state index in [1.54, 1.807) is 0 Å². The Morgan fingerprint density at radius 1 is 0.625 bits per heavy atom. The van der Waals surface area contributed by atoms with E-state index >= 15 is 0 Å². The van der Waals surface area contributed by atoms with Crippen LogP contribution in [0.5, 0.6) is 0 Å². The molecular formula is C10H22Cl3N3. The van der Waals surface area contributed by atoms with Gasteiger partial charge in [0.15, 0.2) is 0 Å². The Hall–Kier alpha value is 0.750. The zero-order chi connectivity index (χ0) is 12.1. The summed E-state index contributed by atoms with van der Waals surface area (Å²) in [5, 5.41) is 6.53. The minimum atomic E-state index is 0.660. The van der Waals surface area contributed by atoms with Crippen LogP contribution < -0.4 is 10.6 Å². The zero-order valence-corrected chi connectivity index (χ0v) is 11.9. The molecule has 0 saturated heterocycles. The second-order valence-corrected chi connectivity index (χ2v) is 4.54. The zero-order valence-electron chi connectivity index (χ0n) is 9.65. The van der Waals surface area contributed by atoms with E-state index in [2.05, 4.69) is 15.5 Å². The average Bonchev–Trinajstić information content (AvgIpc) is 2.30. The van der Waals surface area contributed by atoms with Crippen molar-refractivity contribution in [3.05, 3.63) is 0 Å². The molecule has 0 aromatic heterocycles. The number of nitrogens with zero attached hydrogens (tertiary/aromatic N) is 1. The third kappa shape index (κ3) is 11.2. The number of hydrogen-bond donors (Lipinski definition) is 2. The van der Waals surface area contributed by atoms with Crippen LogP contribution in [0.3, 0.4) is 0 Å². The number of rotatable bonds is 12. The van der Waals surface area contributed by atoms with Crippen molar-refractivity contribution in [1.82, 2.24) is 15.5 Å². The number of alkyl halides is 3. The van der Waals surface area contributed by atoms with Gasteiger partial charge in [-0.05, 0) is 0 Å². The van der Waals surface area contributed by atoms with Crippen LogP contribution in [0.15, 0.2) is 0 Å². The molecule has 0 saturated carbocycles. The topological polar surface area (TPSA) is 27.3 Å². The lowest BCUT2D eigenvalue weighted by Gasteiger charge is -2.21.